The van der Waals surface area contributed by atoms with Crippen molar-refractivity contribution in [3.63, 3.8) is 0 Å². The zero-order valence-electron chi connectivity index (χ0n) is 12.6. The van der Waals surface area contributed by atoms with Crippen LogP contribution in [0.25, 0.3) is 0 Å². The quantitative estimate of drug-likeness (QED) is 0.801. The van der Waals surface area contributed by atoms with Crippen LogP contribution < -0.4 is 4.74 Å². The Balaban J connectivity index is 2.64. The number of carbonyl (C=O) groups excluding carboxylic acids is 1. The minimum atomic E-state index is -0.153. The summed E-state index contributed by atoms with van der Waals surface area (Å²) in [6, 6.07) is 9.70. The van der Waals surface area contributed by atoms with Crippen LogP contribution in [0.3, 0.4) is 0 Å². The molecule has 0 fully saturated rings. The third-order valence-corrected chi connectivity index (χ3v) is 2.82. The van der Waals surface area contributed by atoms with Crippen LogP contribution in [0.4, 0.5) is 0 Å². The van der Waals surface area contributed by atoms with E-state index in [2.05, 4.69) is 6.07 Å². The Labute approximate surface area is 121 Å². The van der Waals surface area contributed by atoms with Gasteiger partial charge in [-0.15, -0.1) is 0 Å². The maximum absolute atomic E-state index is 12.1. The van der Waals surface area contributed by atoms with Crippen LogP contribution in [0, 0.1) is 17.2 Å². The molecule has 1 unspecified atom stereocenters. The zero-order chi connectivity index (χ0) is 15.1. The van der Waals surface area contributed by atoms with Crippen LogP contribution >= 0.6 is 0 Å². The van der Waals surface area contributed by atoms with E-state index in [-0.39, 0.29) is 17.9 Å². The summed E-state index contributed by atoms with van der Waals surface area (Å²) < 4.78 is 5.61. The molecule has 0 aliphatic rings. The topological polar surface area (TPSA) is 53.3 Å². The van der Waals surface area contributed by atoms with Gasteiger partial charge in [0.1, 0.15) is 5.75 Å². The molecule has 1 aromatic carbocycles. The molecule has 108 valence electrons. The summed E-state index contributed by atoms with van der Waals surface area (Å²) in [7, 11) is 1.73. The van der Waals surface area contributed by atoms with E-state index in [1.54, 1.807) is 18.9 Å². The van der Waals surface area contributed by atoms with Crippen LogP contribution in [-0.2, 0) is 11.2 Å². The second kappa shape index (κ2) is 7.54. The van der Waals surface area contributed by atoms with Crippen LogP contribution in [0.15, 0.2) is 24.3 Å². The first kappa shape index (κ1) is 16.0. The maximum atomic E-state index is 12.1. The number of hydrogen-bond acceptors (Lipinski definition) is 3. The normalized spacial score (nSPS) is 11.8. The average Bonchev–Trinajstić information content (AvgIpc) is 2.38. The van der Waals surface area contributed by atoms with E-state index in [0.717, 1.165) is 11.3 Å². The van der Waals surface area contributed by atoms with E-state index < -0.39 is 0 Å². The van der Waals surface area contributed by atoms with Crippen molar-refractivity contribution >= 4 is 5.91 Å². The molecule has 0 N–H and O–H groups in total. The zero-order valence-corrected chi connectivity index (χ0v) is 12.6. The molecule has 1 amide bonds. The van der Waals surface area contributed by atoms with Gasteiger partial charge in [0.05, 0.1) is 24.5 Å². The minimum Gasteiger partial charge on any atom is -0.491 e. The van der Waals surface area contributed by atoms with E-state index >= 15 is 0 Å². The number of amides is 1. The lowest BCUT2D eigenvalue weighted by Crippen LogP contribution is -2.31. The number of nitrogens with zero attached hydrogens (tertiary/aromatic N) is 2. The molecule has 1 atom stereocenters. The molecule has 0 saturated heterocycles. The standard InChI is InChI=1S/C16H22N2O2/c1-12(2)20-15-7-5-6-14(8-15)9-16(19)18(4)11-13(3)10-17/h5-8,12-13H,9,11H2,1-4H3. The number of benzene rings is 1. The molecule has 0 aromatic heterocycles. The molecule has 1 aromatic rings. The Morgan fingerprint density at radius 1 is 1.40 bits per heavy atom. The number of likely N-dealkylation sites (N-methyl/N-ethyl adjacent to an activating group) is 1. The predicted molar refractivity (Wildman–Crippen MR) is 78.3 cm³/mol. The highest BCUT2D eigenvalue weighted by atomic mass is 16.5. The summed E-state index contributed by atoms with van der Waals surface area (Å²) >= 11 is 0. The van der Waals surface area contributed by atoms with Gasteiger partial charge in [-0.25, -0.2) is 0 Å². The van der Waals surface area contributed by atoms with Crippen molar-refractivity contribution < 1.29 is 9.53 Å². The smallest absolute Gasteiger partial charge is 0.226 e. The molecule has 4 heteroatoms. The summed E-state index contributed by atoms with van der Waals surface area (Å²) in [5.74, 6) is 0.631. The van der Waals surface area contributed by atoms with Crippen molar-refractivity contribution in [1.29, 1.82) is 5.26 Å². The average molecular weight is 274 g/mol. The molecule has 0 radical (unpaired) electrons. The predicted octanol–water partition coefficient (Wildman–Crippen LogP) is 2.63. The SMILES string of the molecule is CC(C#N)CN(C)C(=O)Cc1cccc(OC(C)C)c1. The fourth-order valence-corrected chi connectivity index (χ4v) is 1.86. The van der Waals surface area contributed by atoms with Crippen LogP contribution in [0.2, 0.25) is 0 Å². The molecular weight excluding hydrogens is 252 g/mol. The molecule has 0 saturated carbocycles. The molecule has 0 heterocycles. The second-order valence-corrected chi connectivity index (χ2v) is 5.30. The van der Waals surface area contributed by atoms with Gasteiger partial charge in [0.2, 0.25) is 5.91 Å². The Kier molecular flexibility index (Phi) is 6.05. The summed E-state index contributed by atoms with van der Waals surface area (Å²) in [5, 5.41) is 8.77. The van der Waals surface area contributed by atoms with Crippen molar-refractivity contribution in [2.24, 2.45) is 5.92 Å². The number of rotatable bonds is 6. The Morgan fingerprint density at radius 2 is 2.10 bits per heavy atom. The van der Waals surface area contributed by atoms with E-state index in [0.29, 0.717) is 13.0 Å². The Morgan fingerprint density at radius 3 is 2.70 bits per heavy atom. The third kappa shape index (κ3) is 5.31. The first-order valence-corrected chi connectivity index (χ1v) is 6.81. The van der Waals surface area contributed by atoms with Gasteiger partial charge in [-0.05, 0) is 38.5 Å². The fourth-order valence-electron chi connectivity index (χ4n) is 1.86. The van der Waals surface area contributed by atoms with Crippen LogP contribution in [-0.4, -0.2) is 30.5 Å². The fraction of sp³-hybridized carbons (Fsp3) is 0.500. The van der Waals surface area contributed by atoms with Crippen molar-refractivity contribution in [2.45, 2.75) is 33.3 Å². The monoisotopic (exact) mass is 274 g/mol. The Hall–Kier alpha value is -2.02. The lowest BCUT2D eigenvalue weighted by Gasteiger charge is -2.18. The molecule has 20 heavy (non-hydrogen) atoms. The molecule has 4 nitrogen and oxygen atoms in total. The van der Waals surface area contributed by atoms with Gasteiger partial charge in [0.25, 0.3) is 0 Å². The van der Waals surface area contributed by atoms with E-state index in [4.69, 9.17) is 10.00 Å². The highest BCUT2D eigenvalue weighted by molar-refractivity contribution is 5.78. The van der Waals surface area contributed by atoms with Crippen molar-refractivity contribution in [2.75, 3.05) is 13.6 Å². The lowest BCUT2D eigenvalue weighted by atomic mass is 10.1. The number of hydrogen-bond donors (Lipinski definition) is 0. The largest absolute Gasteiger partial charge is 0.491 e. The van der Waals surface area contributed by atoms with E-state index in [1.807, 2.05) is 38.1 Å². The summed E-state index contributed by atoms with van der Waals surface area (Å²) in [4.78, 5) is 13.7. The maximum Gasteiger partial charge on any atom is 0.226 e. The van der Waals surface area contributed by atoms with Gasteiger partial charge in [-0.3, -0.25) is 4.79 Å². The summed E-state index contributed by atoms with van der Waals surface area (Å²) in [6.07, 6.45) is 0.435. The van der Waals surface area contributed by atoms with Gasteiger partial charge in [0, 0.05) is 13.6 Å². The number of carbonyl (C=O) groups is 1. The second-order valence-electron chi connectivity index (χ2n) is 5.30. The molecule has 0 bridgehead atoms. The van der Waals surface area contributed by atoms with Gasteiger partial charge >= 0.3 is 0 Å². The van der Waals surface area contributed by atoms with Crippen LogP contribution in [0.1, 0.15) is 26.3 Å². The molecule has 0 aliphatic carbocycles. The minimum absolute atomic E-state index is 0.00815. The van der Waals surface area contributed by atoms with Gasteiger partial charge in [-0.1, -0.05) is 12.1 Å². The van der Waals surface area contributed by atoms with Crippen molar-refractivity contribution in [3.05, 3.63) is 29.8 Å². The molecule has 0 aliphatic heterocycles. The third-order valence-electron chi connectivity index (χ3n) is 2.82. The number of nitriles is 1. The summed E-state index contributed by atoms with van der Waals surface area (Å²) in [5.41, 5.74) is 0.921. The van der Waals surface area contributed by atoms with Crippen molar-refractivity contribution in [3.8, 4) is 11.8 Å². The Bertz CT molecular complexity index is 491. The molecule has 0 spiro atoms. The highest BCUT2D eigenvalue weighted by Gasteiger charge is 2.13. The van der Waals surface area contributed by atoms with E-state index in [9.17, 15) is 4.79 Å². The van der Waals surface area contributed by atoms with Crippen molar-refractivity contribution in [1.82, 2.24) is 4.90 Å². The number of ether oxygens (including phenoxy) is 1. The lowest BCUT2D eigenvalue weighted by molar-refractivity contribution is -0.129. The molecular formula is C16H22N2O2. The van der Waals surface area contributed by atoms with Gasteiger partial charge < -0.3 is 9.64 Å². The molecule has 1 rings (SSSR count). The first-order valence-electron chi connectivity index (χ1n) is 6.81. The summed E-state index contributed by atoms with van der Waals surface area (Å²) in [6.45, 7) is 6.20. The van der Waals surface area contributed by atoms with Gasteiger partial charge in [-0.2, -0.15) is 5.26 Å². The highest BCUT2D eigenvalue weighted by Crippen LogP contribution is 2.16. The van der Waals surface area contributed by atoms with Gasteiger partial charge in [0.15, 0.2) is 0 Å². The first-order chi connectivity index (χ1) is 9.42. The van der Waals surface area contributed by atoms with E-state index in [1.165, 1.54) is 0 Å². The van der Waals surface area contributed by atoms with Crippen LogP contribution in [0.5, 0.6) is 5.75 Å².